The van der Waals surface area contributed by atoms with Gasteiger partial charge in [-0.15, -0.1) is 0 Å². The third-order valence-corrected chi connectivity index (χ3v) is 12.5. The molecule has 1 aromatic heterocycles. The first-order valence-electron chi connectivity index (χ1n) is 15.6. The number of aliphatic hydroxyl groups is 1. The van der Waals surface area contributed by atoms with Gasteiger partial charge >= 0.3 is 5.63 Å². The van der Waals surface area contributed by atoms with Crippen molar-refractivity contribution in [3.05, 3.63) is 40.2 Å². The average Bonchev–Trinajstić information content (AvgIpc) is 3.24. The molecule has 0 saturated heterocycles. The summed E-state index contributed by atoms with van der Waals surface area (Å²) in [5, 5.41) is 14.3. The first-order chi connectivity index (χ1) is 18.6. The molecule has 4 aliphatic carbocycles. The van der Waals surface area contributed by atoms with Crippen LogP contribution >= 0.6 is 0 Å². The molecular formula is C34H47NO4. The molecule has 4 saturated carbocycles. The van der Waals surface area contributed by atoms with Crippen LogP contribution in [-0.2, 0) is 4.79 Å². The van der Waals surface area contributed by atoms with Crippen molar-refractivity contribution in [1.29, 1.82) is 0 Å². The SMILES string of the molecule is Cc1cc(=O)oc2cc(NC(=O)CCC(C)C3CCC4C5CCC6CC(O)CCC6(C)C5CCC34C)ccc12. The van der Waals surface area contributed by atoms with Crippen LogP contribution in [0.15, 0.2) is 33.5 Å². The van der Waals surface area contributed by atoms with E-state index >= 15 is 0 Å². The van der Waals surface area contributed by atoms with E-state index in [1.807, 2.05) is 19.1 Å². The molecular weight excluding hydrogens is 486 g/mol. The zero-order valence-electron chi connectivity index (χ0n) is 24.3. The van der Waals surface area contributed by atoms with Crippen molar-refractivity contribution in [2.45, 2.75) is 104 Å². The van der Waals surface area contributed by atoms with Gasteiger partial charge in [-0.1, -0.05) is 20.8 Å². The molecule has 1 amide bonds. The molecule has 1 heterocycles. The maximum atomic E-state index is 12.9. The largest absolute Gasteiger partial charge is 0.423 e. The Morgan fingerprint density at radius 2 is 1.82 bits per heavy atom. The van der Waals surface area contributed by atoms with Crippen LogP contribution in [-0.4, -0.2) is 17.1 Å². The van der Waals surface area contributed by atoms with Gasteiger partial charge in [-0.2, -0.15) is 0 Å². The Balaban J connectivity index is 1.08. The van der Waals surface area contributed by atoms with Crippen LogP contribution < -0.4 is 10.9 Å². The second kappa shape index (κ2) is 10.0. The molecule has 0 spiro atoms. The number of hydrogen-bond donors (Lipinski definition) is 2. The molecule has 5 heteroatoms. The monoisotopic (exact) mass is 533 g/mol. The number of amides is 1. The van der Waals surface area contributed by atoms with E-state index in [-0.39, 0.29) is 17.6 Å². The van der Waals surface area contributed by atoms with Crippen molar-refractivity contribution in [2.75, 3.05) is 5.32 Å². The molecule has 2 N–H and O–H groups in total. The predicted octanol–water partition coefficient (Wildman–Crippen LogP) is 7.48. The van der Waals surface area contributed by atoms with Crippen molar-refractivity contribution < 1.29 is 14.3 Å². The van der Waals surface area contributed by atoms with Crippen molar-refractivity contribution in [2.24, 2.45) is 46.3 Å². The second-order valence-electron chi connectivity index (χ2n) is 14.3. The topological polar surface area (TPSA) is 79.5 Å². The number of anilines is 1. The fourth-order valence-electron chi connectivity index (χ4n) is 10.4. The van der Waals surface area contributed by atoms with Gasteiger partial charge in [0.05, 0.1) is 6.10 Å². The van der Waals surface area contributed by atoms with Crippen LogP contribution in [0.5, 0.6) is 0 Å². The first-order valence-corrected chi connectivity index (χ1v) is 15.6. The van der Waals surface area contributed by atoms with Gasteiger partial charge < -0.3 is 14.8 Å². The number of aliphatic hydroxyl groups excluding tert-OH is 1. The Morgan fingerprint density at radius 1 is 1.05 bits per heavy atom. The van der Waals surface area contributed by atoms with Crippen molar-refractivity contribution in [1.82, 2.24) is 0 Å². The van der Waals surface area contributed by atoms with E-state index in [1.54, 1.807) is 6.07 Å². The molecule has 9 unspecified atom stereocenters. The Kier molecular flexibility index (Phi) is 6.97. The lowest BCUT2D eigenvalue weighted by Gasteiger charge is -2.61. The number of nitrogens with one attached hydrogen (secondary N) is 1. The van der Waals surface area contributed by atoms with Crippen LogP contribution in [0.1, 0.15) is 97.0 Å². The van der Waals surface area contributed by atoms with Gasteiger partial charge in [0.25, 0.3) is 0 Å². The van der Waals surface area contributed by atoms with Gasteiger partial charge in [-0.05, 0) is 135 Å². The second-order valence-corrected chi connectivity index (χ2v) is 14.3. The molecule has 0 radical (unpaired) electrons. The van der Waals surface area contributed by atoms with Crippen molar-refractivity contribution >= 4 is 22.6 Å². The Labute approximate surface area is 233 Å². The van der Waals surface area contributed by atoms with E-state index in [0.29, 0.717) is 46.3 Å². The van der Waals surface area contributed by atoms with Crippen LogP contribution in [0.4, 0.5) is 5.69 Å². The van der Waals surface area contributed by atoms with Crippen LogP contribution in [0.3, 0.4) is 0 Å². The Bertz CT molecular complexity index is 1300. The number of carbonyl (C=O) groups is 1. The number of rotatable bonds is 5. The van der Waals surface area contributed by atoms with Gasteiger partial charge in [0.15, 0.2) is 0 Å². The highest BCUT2D eigenvalue weighted by molar-refractivity contribution is 5.93. The average molecular weight is 534 g/mol. The highest BCUT2D eigenvalue weighted by Crippen LogP contribution is 2.68. The van der Waals surface area contributed by atoms with E-state index in [2.05, 4.69) is 26.1 Å². The molecule has 6 rings (SSSR count). The highest BCUT2D eigenvalue weighted by atomic mass is 16.4. The number of aryl methyl sites for hydroxylation is 1. The number of carbonyl (C=O) groups excluding carboxylic acids is 1. The minimum absolute atomic E-state index is 0.0327. The van der Waals surface area contributed by atoms with E-state index < -0.39 is 0 Å². The Morgan fingerprint density at radius 3 is 2.64 bits per heavy atom. The fraction of sp³-hybridized carbons (Fsp3) is 0.706. The molecule has 9 atom stereocenters. The zero-order valence-corrected chi connectivity index (χ0v) is 24.3. The lowest BCUT2D eigenvalue weighted by molar-refractivity contribution is -0.129. The van der Waals surface area contributed by atoms with Gasteiger partial charge in [0, 0.05) is 29.6 Å². The molecule has 2 aromatic rings. The predicted molar refractivity (Wildman–Crippen MR) is 155 cm³/mol. The summed E-state index contributed by atoms with van der Waals surface area (Å²) in [4.78, 5) is 24.7. The molecule has 0 aliphatic heterocycles. The minimum atomic E-state index is -0.366. The van der Waals surface area contributed by atoms with E-state index in [4.69, 9.17) is 4.42 Å². The summed E-state index contributed by atoms with van der Waals surface area (Å²) in [5.41, 5.74) is 2.52. The zero-order chi connectivity index (χ0) is 27.5. The van der Waals surface area contributed by atoms with Gasteiger partial charge in [0.1, 0.15) is 5.58 Å². The van der Waals surface area contributed by atoms with Gasteiger partial charge in [-0.3, -0.25) is 4.79 Å². The van der Waals surface area contributed by atoms with Crippen molar-refractivity contribution in [3.8, 4) is 0 Å². The summed E-state index contributed by atoms with van der Waals surface area (Å²) in [5.74, 6) is 4.45. The lowest BCUT2D eigenvalue weighted by atomic mass is 9.44. The molecule has 5 nitrogen and oxygen atoms in total. The standard InChI is InChI=1S/C34H47NO4/c1-20(5-12-31(37)35-23-7-9-25-21(2)17-32(38)39-30(25)19-23)27-10-11-28-26-8-6-22-18-24(36)13-15-33(22,3)29(26)14-16-34(27,28)4/h7,9,17,19-20,22,24,26-29,36H,5-6,8,10-16,18H2,1-4H3,(H,35,37). The molecule has 39 heavy (non-hydrogen) atoms. The maximum Gasteiger partial charge on any atom is 0.336 e. The van der Waals surface area contributed by atoms with Gasteiger partial charge in [-0.25, -0.2) is 4.79 Å². The molecule has 212 valence electrons. The number of fused-ring (bicyclic) bond motifs is 6. The van der Waals surface area contributed by atoms with Crippen LogP contribution in [0.25, 0.3) is 11.0 Å². The van der Waals surface area contributed by atoms with Crippen molar-refractivity contribution in [3.63, 3.8) is 0 Å². The normalized spacial score (nSPS) is 38.5. The molecule has 1 aromatic carbocycles. The summed E-state index contributed by atoms with van der Waals surface area (Å²) < 4.78 is 5.35. The maximum absolute atomic E-state index is 12.9. The number of benzene rings is 1. The molecule has 0 bridgehead atoms. The van der Waals surface area contributed by atoms with Crippen LogP contribution in [0.2, 0.25) is 0 Å². The van der Waals surface area contributed by atoms with Gasteiger partial charge in [0.2, 0.25) is 5.91 Å². The van der Waals surface area contributed by atoms with E-state index in [1.165, 1.54) is 51.0 Å². The first kappa shape index (κ1) is 27.1. The summed E-state index contributed by atoms with van der Waals surface area (Å²) in [6.45, 7) is 9.44. The van der Waals surface area contributed by atoms with Crippen LogP contribution in [0, 0.1) is 53.3 Å². The molecule has 4 fully saturated rings. The summed E-state index contributed by atoms with van der Waals surface area (Å²) in [7, 11) is 0. The molecule has 4 aliphatic rings. The highest BCUT2D eigenvalue weighted by Gasteiger charge is 2.60. The van der Waals surface area contributed by atoms with E-state index in [9.17, 15) is 14.7 Å². The minimum Gasteiger partial charge on any atom is -0.423 e. The smallest absolute Gasteiger partial charge is 0.336 e. The summed E-state index contributed by atoms with van der Waals surface area (Å²) in [6.07, 6.45) is 12.6. The summed E-state index contributed by atoms with van der Waals surface area (Å²) in [6, 6.07) is 7.05. The van der Waals surface area contributed by atoms with E-state index in [0.717, 1.165) is 48.0 Å². The third kappa shape index (κ3) is 4.67. The summed E-state index contributed by atoms with van der Waals surface area (Å²) >= 11 is 0. The quantitative estimate of drug-likeness (QED) is 0.391. The number of hydrogen-bond acceptors (Lipinski definition) is 4. The Hall–Kier alpha value is -2.14. The fourth-order valence-corrected chi connectivity index (χ4v) is 10.4. The third-order valence-electron chi connectivity index (χ3n) is 12.5. The lowest BCUT2D eigenvalue weighted by Crippen LogP contribution is -2.54.